The molecule has 2 N–H and O–H groups in total. The second-order valence-electron chi connectivity index (χ2n) is 3.15. The zero-order chi connectivity index (χ0) is 10.4. The molecule has 3 nitrogen and oxygen atoms in total. The van der Waals surface area contributed by atoms with E-state index < -0.39 is 0 Å². The fourth-order valence-corrected chi connectivity index (χ4v) is 1.38. The first kappa shape index (κ1) is 10.6. The molecule has 0 radical (unpaired) electrons. The predicted molar refractivity (Wildman–Crippen MR) is 61.4 cm³/mol. The average molecular weight is 191 g/mol. The lowest BCUT2D eigenvalue weighted by atomic mass is 10.3. The topological polar surface area (TPSA) is 42.2 Å². The van der Waals surface area contributed by atoms with Gasteiger partial charge in [-0.1, -0.05) is 13.0 Å². The van der Waals surface area contributed by atoms with Gasteiger partial charge in [-0.05, 0) is 18.6 Å². The van der Waals surface area contributed by atoms with Crippen molar-refractivity contribution in [2.75, 3.05) is 23.7 Å². The number of aromatic nitrogens is 1. The largest absolute Gasteiger partial charge is 0.396 e. The van der Waals surface area contributed by atoms with E-state index in [0.717, 1.165) is 31.0 Å². The molecule has 0 unspecified atom stereocenters. The number of hydrogen-bond acceptors (Lipinski definition) is 3. The number of nitrogen functional groups attached to an aromatic ring is 1. The van der Waals surface area contributed by atoms with E-state index in [0.29, 0.717) is 0 Å². The Morgan fingerprint density at radius 3 is 3.00 bits per heavy atom. The molecule has 0 aliphatic carbocycles. The fourth-order valence-electron chi connectivity index (χ4n) is 1.38. The van der Waals surface area contributed by atoms with Gasteiger partial charge in [0, 0.05) is 19.3 Å². The SMILES string of the molecule is C=CCN(CCC)c1ncccc1N. The number of rotatable bonds is 5. The minimum absolute atomic E-state index is 0.725. The lowest BCUT2D eigenvalue weighted by Gasteiger charge is -2.22. The van der Waals surface area contributed by atoms with Crippen molar-refractivity contribution in [1.29, 1.82) is 0 Å². The van der Waals surface area contributed by atoms with Crippen molar-refractivity contribution in [1.82, 2.24) is 4.98 Å². The second-order valence-corrected chi connectivity index (χ2v) is 3.15. The van der Waals surface area contributed by atoms with E-state index in [1.165, 1.54) is 0 Å². The Hall–Kier alpha value is -1.51. The number of pyridine rings is 1. The molecule has 14 heavy (non-hydrogen) atoms. The number of hydrogen-bond donors (Lipinski definition) is 1. The first-order valence-electron chi connectivity index (χ1n) is 4.86. The van der Waals surface area contributed by atoms with Gasteiger partial charge in [-0.25, -0.2) is 4.98 Å². The third-order valence-corrected chi connectivity index (χ3v) is 1.96. The summed E-state index contributed by atoms with van der Waals surface area (Å²) in [5.74, 6) is 0.856. The van der Waals surface area contributed by atoms with Crippen LogP contribution in [-0.4, -0.2) is 18.1 Å². The van der Waals surface area contributed by atoms with E-state index in [1.54, 1.807) is 6.20 Å². The van der Waals surface area contributed by atoms with Crippen LogP contribution in [-0.2, 0) is 0 Å². The van der Waals surface area contributed by atoms with E-state index in [2.05, 4.69) is 23.4 Å². The molecular formula is C11H17N3. The lowest BCUT2D eigenvalue weighted by Crippen LogP contribution is -2.25. The van der Waals surface area contributed by atoms with Gasteiger partial charge >= 0.3 is 0 Å². The molecule has 3 heteroatoms. The van der Waals surface area contributed by atoms with Crippen molar-refractivity contribution in [3.05, 3.63) is 31.0 Å². The Balaban J connectivity index is 2.86. The second kappa shape index (κ2) is 5.27. The van der Waals surface area contributed by atoms with Crippen LogP contribution in [0.2, 0.25) is 0 Å². The van der Waals surface area contributed by atoms with Crippen molar-refractivity contribution in [3.63, 3.8) is 0 Å². The minimum Gasteiger partial charge on any atom is -0.396 e. The average Bonchev–Trinajstić information content (AvgIpc) is 2.18. The van der Waals surface area contributed by atoms with Crippen molar-refractivity contribution in [3.8, 4) is 0 Å². The Morgan fingerprint density at radius 2 is 2.43 bits per heavy atom. The van der Waals surface area contributed by atoms with Gasteiger partial charge in [0.15, 0.2) is 5.82 Å². The molecule has 1 aromatic rings. The summed E-state index contributed by atoms with van der Waals surface area (Å²) in [6.45, 7) is 7.60. The van der Waals surface area contributed by atoms with Gasteiger partial charge in [0.2, 0.25) is 0 Å². The Kier molecular flexibility index (Phi) is 3.98. The highest BCUT2D eigenvalue weighted by molar-refractivity contribution is 5.62. The van der Waals surface area contributed by atoms with Crippen molar-refractivity contribution in [2.24, 2.45) is 0 Å². The van der Waals surface area contributed by atoms with Crippen LogP contribution >= 0.6 is 0 Å². The van der Waals surface area contributed by atoms with Crippen LogP contribution < -0.4 is 10.6 Å². The molecule has 76 valence electrons. The molecule has 0 saturated heterocycles. The Bertz CT molecular complexity index is 296. The third-order valence-electron chi connectivity index (χ3n) is 1.96. The van der Waals surface area contributed by atoms with Gasteiger partial charge in [-0.2, -0.15) is 0 Å². The first-order valence-corrected chi connectivity index (χ1v) is 4.86. The predicted octanol–water partition coefficient (Wildman–Crippen LogP) is 2.07. The van der Waals surface area contributed by atoms with Gasteiger partial charge < -0.3 is 10.6 Å². The number of nitrogens with two attached hydrogens (primary N) is 1. The van der Waals surface area contributed by atoms with E-state index >= 15 is 0 Å². The molecule has 1 heterocycles. The van der Waals surface area contributed by atoms with Gasteiger partial charge in [0.1, 0.15) is 0 Å². The van der Waals surface area contributed by atoms with Gasteiger partial charge in [-0.15, -0.1) is 6.58 Å². The summed E-state index contributed by atoms with van der Waals surface area (Å²) in [6.07, 6.45) is 4.70. The monoisotopic (exact) mass is 191 g/mol. The maximum Gasteiger partial charge on any atom is 0.152 e. The quantitative estimate of drug-likeness (QED) is 0.724. The summed E-state index contributed by atoms with van der Waals surface area (Å²) in [5.41, 5.74) is 6.57. The van der Waals surface area contributed by atoms with Crippen molar-refractivity contribution >= 4 is 11.5 Å². The highest BCUT2D eigenvalue weighted by Gasteiger charge is 2.07. The van der Waals surface area contributed by atoms with Crippen LogP contribution in [0.1, 0.15) is 13.3 Å². The molecule has 0 fully saturated rings. The molecular weight excluding hydrogens is 174 g/mol. The van der Waals surface area contributed by atoms with Gasteiger partial charge in [0.25, 0.3) is 0 Å². The summed E-state index contributed by atoms with van der Waals surface area (Å²) >= 11 is 0. The molecule has 0 saturated carbocycles. The Morgan fingerprint density at radius 1 is 1.64 bits per heavy atom. The Labute approximate surface area is 85.3 Å². The standard InChI is InChI=1S/C11H17N3/c1-3-8-14(9-4-2)11-10(12)6-5-7-13-11/h3,5-7H,1,4,8-9,12H2,2H3. The maximum atomic E-state index is 5.84. The molecule has 0 amide bonds. The van der Waals surface area contributed by atoms with E-state index in [1.807, 2.05) is 18.2 Å². The van der Waals surface area contributed by atoms with Crippen LogP contribution in [0.15, 0.2) is 31.0 Å². The van der Waals surface area contributed by atoms with Crippen LogP contribution in [0.3, 0.4) is 0 Å². The molecule has 0 aromatic carbocycles. The maximum absolute atomic E-state index is 5.84. The number of anilines is 2. The van der Waals surface area contributed by atoms with Gasteiger partial charge in [-0.3, -0.25) is 0 Å². The molecule has 1 rings (SSSR count). The third kappa shape index (κ3) is 2.49. The zero-order valence-corrected chi connectivity index (χ0v) is 8.61. The molecule has 0 bridgehead atoms. The first-order chi connectivity index (χ1) is 6.79. The summed E-state index contributed by atoms with van der Waals surface area (Å²) in [6, 6.07) is 3.71. The highest BCUT2D eigenvalue weighted by atomic mass is 15.2. The summed E-state index contributed by atoms with van der Waals surface area (Å²) < 4.78 is 0. The van der Waals surface area contributed by atoms with Crippen LogP contribution in [0.25, 0.3) is 0 Å². The van der Waals surface area contributed by atoms with Crippen molar-refractivity contribution < 1.29 is 0 Å². The highest BCUT2D eigenvalue weighted by Crippen LogP contribution is 2.18. The van der Waals surface area contributed by atoms with E-state index in [-0.39, 0.29) is 0 Å². The van der Waals surface area contributed by atoms with Crippen LogP contribution in [0.5, 0.6) is 0 Å². The molecule has 0 atom stereocenters. The van der Waals surface area contributed by atoms with Crippen LogP contribution in [0, 0.1) is 0 Å². The molecule has 1 aromatic heterocycles. The van der Waals surface area contributed by atoms with Gasteiger partial charge in [0.05, 0.1) is 5.69 Å². The van der Waals surface area contributed by atoms with E-state index in [4.69, 9.17) is 5.73 Å². The smallest absolute Gasteiger partial charge is 0.152 e. The van der Waals surface area contributed by atoms with E-state index in [9.17, 15) is 0 Å². The summed E-state index contributed by atoms with van der Waals surface area (Å²) in [4.78, 5) is 6.40. The van der Waals surface area contributed by atoms with Crippen molar-refractivity contribution in [2.45, 2.75) is 13.3 Å². The van der Waals surface area contributed by atoms with Crippen LogP contribution in [0.4, 0.5) is 11.5 Å². The number of nitrogens with zero attached hydrogens (tertiary/aromatic N) is 2. The molecule has 0 aliphatic rings. The minimum atomic E-state index is 0.725. The fraction of sp³-hybridized carbons (Fsp3) is 0.364. The molecule has 0 aliphatic heterocycles. The molecule has 0 spiro atoms. The normalized spacial score (nSPS) is 9.79. The summed E-state index contributed by atoms with van der Waals surface area (Å²) in [5, 5.41) is 0. The zero-order valence-electron chi connectivity index (χ0n) is 8.61. The lowest BCUT2D eigenvalue weighted by molar-refractivity contribution is 0.804. The summed E-state index contributed by atoms with van der Waals surface area (Å²) in [7, 11) is 0.